The number of nitrogens with one attached hydrogen (secondary N) is 1. The first kappa shape index (κ1) is 13.0. The van der Waals surface area contributed by atoms with E-state index < -0.39 is 11.0 Å². The summed E-state index contributed by atoms with van der Waals surface area (Å²) in [5, 5.41) is 5.54. The van der Waals surface area contributed by atoms with Crippen molar-refractivity contribution in [2.45, 2.75) is 0 Å². The summed E-state index contributed by atoms with van der Waals surface area (Å²) in [5.74, 6) is -0.363. The van der Waals surface area contributed by atoms with Gasteiger partial charge in [0.15, 0.2) is 16.0 Å². The van der Waals surface area contributed by atoms with E-state index in [1.54, 1.807) is 6.20 Å². The molecule has 1 aliphatic heterocycles. The van der Waals surface area contributed by atoms with Crippen molar-refractivity contribution in [2.24, 2.45) is 0 Å². The van der Waals surface area contributed by atoms with Crippen molar-refractivity contribution in [3.05, 3.63) is 60.8 Å². The first-order valence-corrected chi connectivity index (χ1v) is 7.85. The molecule has 1 aliphatic rings. The molecule has 1 unspecified atom stereocenters. The van der Waals surface area contributed by atoms with Crippen molar-refractivity contribution < 1.29 is 9.00 Å². The SMILES string of the molecule is O=C1C=C(n2ncc3cc(-c4ccccc4)ccc32)S(=O)N1. The molecule has 1 amide bonds. The van der Waals surface area contributed by atoms with Crippen LogP contribution in [0.3, 0.4) is 0 Å². The number of amides is 1. The molecule has 0 saturated carbocycles. The van der Waals surface area contributed by atoms with Crippen LogP contribution in [0.2, 0.25) is 0 Å². The summed E-state index contributed by atoms with van der Waals surface area (Å²) < 4.78 is 15.7. The fourth-order valence-electron chi connectivity index (χ4n) is 2.50. The largest absolute Gasteiger partial charge is 0.269 e. The molecule has 22 heavy (non-hydrogen) atoms. The fraction of sp³-hybridized carbons (Fsp3) is 0. The summed E-state index contributed by atoms with van der Waals surface area (Å²) in [6, 6.07) is 16.0. The molecule has 0 bridgehead atoms. The van der Waals surface area contributed by atoms with Crippen LogP contribution in [0, 0.1) is 0 Å². The molecule has 6 heteroatoms. The van der Waals surface area contributed by atoms with Crippen molar-refractivity contribution in [2.75, 3.05) is 0 Å². The van der Waals surface area contributed by atoms with Gasteiger partial charge in [0.2, 0.25) is 0 Å². The fourth-order valence-corrected chi connectivity index (χ4v) is 3.36. The van der Waals surface area contributed by atoms with E-state index >= 15 is 0 Å². The highest BCUT2D eigenvalue weighted by atomic mass is 32.2. The van der Waals surface area contributed by atoms with Crippen LogP contribution in [-0.2, 0) is 15.8 Å². The second kappa shape index (κ2) is 4.92. The summed E-state index contributed by atoms with van der Waals surface area (Å²) in [5.41, 5.74) is 3.02. The predicted molar refractivity (Wildman–Crippen MR) is 85.7 cm³/mol. The first-order valence-electron chi connectivity index (χ1n) is 6.70. The molecule has 3 aromatic rings. The van der Waals surface area contributed by atoms with Gasteiger partial charge >= 0.3 is 0 Å². The van der Waals surface area contributed by atoms with E-state index in [9.17, 15) is 9.00 Å². The topological polar surface area (TPSA) is 64.0 Å². The van der Waals surface area contributed by atoms with E-state index in [2.05, 4.69) is 9.82 Å². The Morgan fingerprint density at radius 1 is 1.05 bits per heavy atom. The molecule has 2 aromatic carbocycles. The lowest BCUT2D eigenvalue weighted by atomic mass is 10.0. The second-order valence-corrected chi connectivity index (χ2v) is 6.07. The Bertz CT molecular complexity index is 944. The summed E-state index contributed by atoms with van der Waals surface area (Å²) in [7, 11) is -1.56. The predicted octanol–water partition coefficient (Wildman–Crippen LogP) is 2.30. The van der Waals surface area contributed by atoms with Crippen LogP contribution >= 0.6 is 0 Å². The molecule has 0 spiro atoms. The van der Waals surface area contributed by atoms with Crippen LogP contribution in [0.15, 0.2) is 60.8 Å². The first-order chi connectivity index (χ1) is 10.7. The molecule has 2 heterocycles. The average molecular weight is 309 g/mol. The van der Waals surface area contributed by atoms with Gasteiger partial charge in [-0.05, 0) is 23.3 Å². The second-order valence-electron chi connectivity index (χ2n) is 4.91. The standard InChI is InChI=1S/C16H11N3O2S/c20-15-9-16(22(21)18-15)19-14-7-6-12(8-13(14)10-17-19)11-4-2-1-3-5-11/h1-10H,(H,18,20). The Morgan fingerprint density at radius 3 is 2.59 bits per heavy atom. The zero-order valence-corrected chi connectivity index (χ0v) is 12.2. The highest BCUT2D eigenvalue weighted by Gasteiger charge is 2.23. The molecule has 1 atom stereocenters. The molecular weight excluding hydrogens is 298 g/mol. The molecule has 5 nitrogen and oxygen atoms in total. The lowest BCUT2D eigenvalue weighted by Crippen LogP contribution is -2.17. The van der Waals surface area contributed by atoms with Gasteiger partial charge in [-0.25, -0.2) is 8.89 Å². The van der Waals surface area contributed by atoms with E-state index in [0.29, 0.717) is 5.03 Å². The number of hydrogen-bond acceptors (Lipinski definition) is 3. The van der Waals surface area contributed by atoms with Gasteiger partial charge in [-0.2, -0.15) is 5.10 Å². The van der Waals surface area contributed by atoms with E-state index in [1.165, 1.54) is 10.8 Å². The summed E-state index contributed by atoms with van der Waals surface area (Å²) in [6.07, 6.45) is 3.02. The van der Waals surface area contributed by atoms with E-state index in [-0.39, 0.29) is 5.91 Å². The van der Waals surface area contributed by atoms with Gasteiger partial charge in [-0.3, -0.25) is 9.52 Å². The molecular formula is C16H11N3O2S. The van der Waals surface area contributed by atoms with E-state index in [1.807, 2.05) is 48.5 Å². The van der Waals surface area contributed by atoms with E-state index in [0.717, 1.165) is 22.0 Å². The average Bonchev–Trinajstić information content (AvgIpc) is 3.10. The van der Waals surface area contributed by atoms with Gasteiger partial charge in [-0.15, -0.1) is 0 Å². The number of aromatic nitrogens is 2. The number of carbonyl (C=O) groups excluding carboxylic acids is 1. The maximum atomic E-state index is 11.9. The molecule has 0 aliphatic carbocycles. The number of rotatable bonds is 2. The van der Waals surface area contributed by atoms with Gasteiger partial charge in [0.05, 0.1) is 11.7 Å². The number of carbonyl (C=O) groups is 1. The minimum Gasteiger partial charge on any atom is -0.269 e. The molecule has 1 aromatic heterocycles. The zero-order valence-electron chi connectivity index (χ0n) is 11.4. The molecule has 0 fully saturated rings. The molecule has 4 rings (SSSR count). The zero-order chi connectivity index (χ0) is 15.1. The van der Waals surface area contributed by atoms with Gasteiger partial charge in [0.25, 0.3) is 5.91 Å². The van der Waals surface area contributed by atoms with Crippen molar-refractivity contribution >= 4 is 32.8 Å². The monoisotopic (exact) mass is 309 g/mol. The normalized spacial score (nSPS) is 17.5. The minimum atomic E-state index is -1.56. The summed E-state index contributed by atoms with van der Waals surface area (Å²) in [4.78, 5) is 11.3. The Labute approximate surface area is 128 Å². The number of nitrogens with zero attached hydrogens (tertiary/aromatic N) is 2. The third-order valence-corrected chi connectivity index (χ3v) is 4.58. The highest BCUT2D eigenvalue weighted by molar-refractivity contribution is 7.93. The quantitative estimate of drug-likeness (QED) is 0.790. The van der Waals surface area contributed by atoms with Crippen LogP contribution < -0.4 is 4.72 Å². The van der Waals surface area contributed by atoms with Gasteiger partial charge < -0.3 is 0 Å². The maximum absolute atomic E-state index is 11.9. The Balaban J connectivity index is 1.83. The lowest BCUT2D eigenvalue weighted by molar-refractivity contribution is -0.114. The minimum absolute atomic E-state index is 0.354. The van der Waals surface area contributed by atoms with E-state index in [4.69, 9.17) is 0 Å². The Hall–Kier alpha value is -2.73. The van der Waals surface area contributed by atoms with Crippen molar-refractivity contribution in [3.8, 4) is 11.1 Å². The number of fused-ring (bicyclic) bond motifs is 1. The molecule has 0 radical (unpaired) electrons. The smallest absolute Gasteiger partial charge is 0.258 e. The van der Waals surface area contributed by atoms with Crippen LogP contribution in [0.5, 0.6) is 0 Å². The lowest BCUT2D eigenvalue weighted by Gasteiger charge is -2.04. The van der Waals surface area contributed by atoms with Crippen molar-refractivity contribution in [1.29, 1.82) is 0 Å². The Morgan fingerprint density at radius 2 is 1.86 bits per heavy atom. The molecule has 0 saturated heterocycles. The third kappa shape index (κ3) is 2.05. The van der Waals surface area contributed by atoms with Gasteiger partial charge in [0.1, 0.15) is 0 Å². The molecule has 108 valence electrons. The summed E-state index contributed by atoms with van der Waals surface area (Å²) >= 11 is 0. The summed E-state index contributed by atoms with van der Waals surface area (Å²) in [6.45, 7) is 0. The number of hydrogen-bond donors (Lipinski definition) is 1. The van der Waals surface area contributed by atoms with Crippen molar-refractivity contribution in [1.82, 2.24) is 14.5 Å². The Kier molecular flexibility index (Phi) is 2.90. The van der Waals surface area contributed by atoms with Gasteiger partial charge in [-0.1, -0.05) is 36.4 Å². The van der Waals surface area contributed by atoms with Crippen LogP contribution in [0.25, 0.3) is 27.1 Å². The van der Waals surface area contributed by atoms with Gasteiger partial charge in [0, 0.05) is 11.5 Å². The van der Waals surface area contributed by atoms with Crippen molar-refractivity contribution in [3.63, 3.8) is 0 Å². The molecule has 1 N–H and O–H groups in total. The highest BCUT2D eigenvalue weighted by Crippen LogP contribution is 2.26. The van der Waals surface area contributed by atoms with Crippen LogP contribution in [0.4, 0.5) is 0 Å². The van der Waals surface area contributed by atoms with Crippen LogP contribution in [0.1, 0.15) is 0 Å². The number of benzene rings is 2. The maximum Gasteiger partial charge on any atom is 0.258 e. The third-order valence-electron chi connectivity index (χ3n) is 3.52. The van der Waals surface area contributed by atoms with Crippen LogP contribution in [-0.4, -0.2) is 19.9 Å².